The van der Waals surface area contributed by atoms with Gasteiger partial charge in [0, 0.05) is 22.6 Å². The summed E-state index contributed by atoms with van der Waals surface area (Å²) in [6.07, 6.45) is 1.65. The van der Waals surface area contributed by atoms with Gasteiger partial charge in [-0.3, -0.25) is 10.1 Å². The standard InChI is InChI=1S/C13H14BrN3O3/c1-8-6-16-13(20-8)9(2)15-7-10-5-11(14)3-4-12(10)17(18)19/h3-6,9,15H,7H2,1-2H3. The molecule has 0 aliphatic heterocycles. The lowest BCUT2D eigenvalue weighted by Gasteiger charge is -2.10. The monoisotopic (exact) mass is 339 g/mol. The van der Waals surface area contributed by atoms with Crippen LogP contribution in [0.4, 0.5) is 5.69 Å². The minimum atomic E-state index is -0.386. The van der Waals surface area contributed by atoms with Gasteiger partial charge in [0.25, 0.3) is 5.69 Å². The smallest absolute Gasteiger partial charge is 0.273 e. The van der Waals surface area contributed by atoms with Crippen LogP contribution in [0.3, 0.4) is 0 Å². The summed E-state index contributed by atoms with van der Waals surface area (Å²) in [7, 11) is 0. The molecule has 1 unspecified atom stereocenters. The molecule has 2 rings (SSSR count). The number of oxazole rings is 1. The number of nitrogens with zero attached hydrogens (tertiary/aromatic N) is 2. The van der Waals surface area contributed by atoms with E-state index in [1.807, 2.05) is 13.8 Å². The van der Waals surface area contributed by atoms with Crippen molar-refractivity contribution in [1.82, 2.24) is 10.3 Å². The van der Waals surface area contributed by atoms with Crippen molar-refractivity contribution < 1.29 is 9.34 Å². The molecule has 6 nitrogen and oxygen atoms in total. The lowest BCUT2D eigenvalue weighted by molar-refractivity contribution is -0.385. The molecular weight excluding hydrogens is 326 g/mol. The first kappa shape index (κ1) is 14.7. The molecule has 0 bridgehead atoms. The van der Waals surface area contributed by atoms with Gasteiger partial charge in [-0.05, 0) is 26.0 Å². The lowest BCUT2D eigenvalue weighted by atomic mass is 10.1. The number of aromatic nitrogens is 1. The van der Waals surface area contributed by atoms with Crippen molar-refractivity contribution in [3.05, 3.63) is 56.2 Å². The molecule has 0 saturated carbocycles. The van der Waals surface area contributed by atoms with Crippen LogP contribution >= 0.6 is 15.9 Å². The van der Waals surface area contributed by atoms with Crippen LogP contribution in [-0.2, 0) is 6.54 Å². The van der Waals surface area contributed by atoms with Crippen LogP contribution in [0.15, 0.2) is 33.3 Å². The molecule has 0 radical (unpaired) electrons. The predicted octanol–water partition coefficient (Wildman–Crippen LogP) is 3.50. The van der Waals surface area contributed by atoms with Crippen LogP contribution in [0.25, 0.3) is 0 Å². The average molecular weight is 340 g/mol. The number of aryl methyl sites for hydroxylation is 1. The molecule has 0 saturated heterocycles. The van der Waals surface area contributed by atoms with Gasteiger partial charge in [0.1, 0.15) is 5.76 Å². The van der Waals surface area contributed by atoms with E-state index in [4.69, 9.17) is 4.42 Å². The Labute approximate surface area is 124 Å². The molecular formula is C13H14BrN3O3. The van der Waals surface area contributed by atoms with Gasteiger partial charge in [-0.15, -0.1) is 0 Å². The second kappa shape index (κ2) is 6.15. The molecule has 1 N–H and O–H groups in total. The topological polar surface area (TPSA) is 81.2 Å². The fraction of sp³-hybridized carbons (Fsp3) is 0.308. The van der Waals surface area contributed by atoms with Gasteiger partial charge in [0.2, 0.25) is 5.89 Å². The molecule has 0 amide bonds. The Hall–Kier alpha value is -1.73. The van der Waals surface area contributed by atoms with E-state index in [9.17, 15) is 10.1 Å². The third kappa shape index (κ3) is 3.43. The zero-order valence-corrected chi connectivity index (χ0v) is 12.7. The highest BCUT2D eigenvalue weighted by molar-refractivity contribution is 9.10. The van der Waals surface area contributed by atoms with Crippen molar-refractivity contribution in [2.75, 3.05) is 0 Å². The Morgan fingerprint density at radius 2 is 2.30 bits per heavy atom. The Balaban J connectivity index is 2.10. The van der Waals surface area contributed by atoms with Crippen molar-refractivity contribution in [1.29, 1.82) is 0 Å². The van der Waals surface area contributed by atoms with Gasteiger partial charge >= 0.3 is 0 Å². The second-order valence-corrected chi connectivity index (χ2v) is 5.36. The number of rotatable bonds is 5. The quantitative estimate of drug-likeness (QED) is 0.665. The predicted molar refractivity (Wildman–Crippen MR) is 77.3 cm³/mol. The van der Waals surface area contributed by atoms with Crippen molar-refractivity contribution in [2.45, 2.75) is 26.4 Å². The van der Waals surface area contributed by atoms with Crippen LogP contribution in [0.5, 0.6) is 0 Å². The maximum atomic E-state index is 11.0. The summed E-state index contributed by atoms with van der Waals surface area (Å²) in [4.78, 5) is 14.7. The summed E-state index contributed by atoms with van der Waals surface area (Å²) in [6, 6.07) is 4.75. The largest absolute Gasteiger partial charge is 0.444 e. The molecule has 1 aromatic heterocycles. The highest BCUT2D eigenvalue weighted by atomic mass is 79.9. The van der Waals surface area contributed by atoms with E-state index in [0.29, 0.717) is 18.0 Å². The molecule has 0 fully saturated rings. The van der Waals surface area contributed by atoms with Gasteiger partial charge in [-0.2, -0.15) is 0 Å². The second-order valence-electron chi connectivity index (χ2n) is 4.44. The Morgan fingerprint density at radius 3 is 2.90 bits per heavy atom. The van der Waals surface area contributed by atoms with Crippen molar-refractivity contribution in [2.24, 2.45) is 0 Å². The van der Waals surface area contributed by atoms with E-state index in [0.717, 1.165) is 10.2 Å². The minimum absolute atomic E-state index is 0.0940. The van der Waals surface area contributed by atoms with Crippen LogP contribution in [-0.4, -0.2) is 9.91 Å². The van der Waals surface area contributed by atoms with E-state index in [1.54, 1.807) is 18.3 Å². The lowest BCUT2D eigenvalue weighted by Crippen LogP contribution is -2.19. The van der Waals surface area contributed by atoms with Gasteiger partial charge < -0.3 is 9.73 Å². The fourth-order valence-electron chi connectivity index (χ4n) is 1.80. The van der Waals surface area contributed by atoms with Crippen LogP contribution in [0.1, 0.15) is 30.2 Å². The Kier molecular flexibility index (Phi) is 4.51. The van der Waals surface area contributed by atoms with Gasteiger partial charge in [0.05, 0.1) is 17.2 Å². The summed E-state index contributed by atoms with van der Waals surface area (Å²) < 4.78 is 6.22. The molecule has 0 spiro atoms. The Morgan fingerprint density at radius 1 is 1.55 bits per heavy atom. The Bertz CT molecular complexity index is 627. The molecule has 0 aliphatic rings. The maximum absolute atomic E-state index is 11.0. The maximum Gasteiger partial charge on any atom is 0.273 e. The molecule has 20 heavy (non-hydrogen) atoms. The summed E-state index contributed by atoms with van der Waals surface area (Å²) in [6.45, 7) is 4.08. The highest BCUT2D eigenvalue weighted by Gasteiger charge is 2.16. The van der Waals surface area contributed by atoms with Crippen molar-refractivity contribution in [3.8, 4) is 0 Å². The van der Waals surface area contributed by atoms with E-state index >= 15 is 0 Å². The average Bonchev–Trinajstić information content (AvgIpc) is 2.82. The van der Waals surface area contributed by atoms with Crippen LogP contribution in [0, 0.1) is 17.0 Å². The van der Waals surface area contributed by atoms with Gasteiger partial charge in [-0.25, -0.2) is 4.98 Å². The number of nitro groups is 1. The summed E-state index contributed by atoms with van der Waals surface area (Å²) in [5.74, 6) is 1.31. The molecule has 1 aromatic carbocycles. The molecule has 1 heterocycles. The van der Waals surface area contributed by atoms with E-state index in [1.165, 1.54) is 6.07 Å². The third-order valence-electron chi connectivity index (χ3n) is 2.85. The molecule has 1 atom stereocenters. The number of benzene rings is 1. The SMILES string of the molecule is Cc1cnc(C(C)NCc2cc(Br)ccc2[N+](=O)[O-])o1. The van der Waals surface area contributed by atoms with Crippen molar-refractivity contribution >= 4 is 21.6 Å². The van der Waals surface area contributed by atoms with Crippen LogP contribution in [0.2, 0.25) is 0 Å². The number of nitrogens with one attached hydrogen (secondary N) is 1. The van der Waals surface area contributed by atoms with Gasteiger partial charge in [0.15, 0.2) is 0 Å². The van der Waals surface area contributed by atoms with E-state index in [-0.39, 0.29) is 16.7 Å². The molecule has 2 aromatic rings. The number of hydrogen-bond donors (Lipinski definition) is 1. The number of nitro benzene ring substituents is 1. The first-order valence-electron chi connectivity index (χ1n) is 6.06. The molecule has 0 aliphatic carbocycles. The van der Waals surface area contributed by atoms with Gasteiger partial charge in [-0.1, -0.05) is 15.9 Å². The molecule has 7 heteroatoms. The third-order valence-corrected chi connectivity index (χ3v) is 3.34. The zero-order chi connectivity index (χ0) is 14.7. The van der Waals surface area contributed by atoms with E-state index in [2.05, 4.69) is 26.2 Å². The zero-order valence-electron chi connectivity index (χ0n) is 11.1. The fourth-order valence-corrected chi connectivity index (χ4v) is 2.21. The van der Waals surface area contributed by atoms with Crippen molar-refractivity contribution in [3.63, 3.8) is 0 Å². The molecule has 106 valence electrons. The highest BCUT2D eigenvalue weighted by Crippen LogP contribution is 2.23. The number of hydrogen-bond acceptors (Lipinski definition) is 5. The van der Waals surface area contributed by atoms with Crippen LogP contribution < -0.4 is 5.32 Å². The van der Waals surface area contributed by atoms with E-state index < -0.39 is 0 Å². The summed E-state index contributed by atoms with van der Waals surface area (Å²) >= 11 is 3.32. The normalized spacial score (nSPS) is 12.3. The number of halogens is 1. The minimum Gasteiger partial charge on any atom is -0.444 e. The first-order valence-corrected chi connectivity index (χ1v) is 6.85. The first-order chi connectivity index (χ1) is 9.47. The summed E-state index contributed by atoms with van der Waals surface area (Å²) in [5, 5.41) is 14.2. The summed E-state index contributed by atoms with van der Waals surface area (Å²) in [5.41, 5.74) is 0.705.